The number of hydrogen-bond donors (Lipinski definition) is 2. The number of nitrogens with one attached hydrogen (secondary N) is 1. The zero-order valence-electron chi connectivity index (χ0n) is 12.3. The first-order chi connectivity index (χ1) is 9.92. The van der Waals surface area contributed by atoms with Crippen molar-refractivity contribution in [2.75, 3.05) is 10.5 Å². The molecule has 0 saturated heterocycles. The molecular weight excluding hydrogens is 284 g/mol. The normalized spacial score (nSPS) is 11.3. The zero-order valence-corrected chi connectivity index (χ0v) is 13.1. The van der Waals surface area contributed by atoms with Crippen LogP contribution in [0.3, 0.4) is 0 Å². The molecule has 0 unspecified atom stereocenters. The lowest BCUT2D eigenvalue weighted by molar-refractivity contribution is 0.601. The molecule has 0 aromatic heterocycles. The van der Waals surface area contributed by atoms with E-state index in [-0.39, 0.29) is 4.90 Å². The Balaban J connectivity index is 2.25. The second kappa shape index (κ2) is 6.18. The molecule has 0 spiro atoms. The summed E-state index contributed by atoms with van der Waals surface area (Å²) in [7, 11) is -3.61. The van der Waals surface area contributed by atoms with E-state index in [1.807, 2.05) is 25.1 Å². The second-order valence-corrected chi connectivity index (χ2v) is 6.77. The third-order valence-corrected chi connectivity index (χ3v) is 4.61. The third kappa shape index (κ3) is 3.76. The molecule has 0 aliphatic rings. The highest BCUT2D eigenvalue weighted by Gasteiger charge is 2.15. The summed E-state index contributed by atoms with van der Waals surface area (Å²) >= 11 is 0. The molecule has 0 heterocycles. The minimum absolute atomic E-state index is 0.238. The van der Waals surface area contributed by atoms with Gasteiger partial charge in [0.05, 0.1) is 16.3 Å². The summed E-state index contributed by atoms with van der Waals surface area (Å²) in [5.74, 6) is 0. The van der Waals surface area contributed by atoms with Crippen LogP contribution in [0, 0.1) is 6.92 Å². The molecule has 0 bridgehead atoms. The molecule has 0 saturated carbocycles. The summed E-state index contributed by atoms with van der Waals surface area (Å²) in [6.07, 6.45) is 1.98. The van der Waals surface area contributed by atoms with Crippen molar-refractivity contribution in [1.82, 2.24) is 0 Å². The molecule has 0 fully saturated rings. The van der Waals surface area contributed by atoms with Gasteiger partial charge in [0.25, 0.3) is 10.0 Å². The highest BCUT2D eigenvalue weighted by atomic mass is 32.2. The predicted octanol–water partition coefficient (Wildman–Crippen LogP) is 3.33. The topological polar surface area (TPSA) is 72.2 Å². The number of rotatable bonds is 5. The smallest absolute Gasteiger partial charge is 0.261 e. The predicted molar refractivity (Wildman–Crippen MR) is 86.8 cm³/mol. The molecular formula is C16H20N2O2S. The molecule has 0 aliphatic heterocycles. The standard InChI is InChI=1S/C16H20N2O2S/c1-3-4-13-6-8-14(9-7-13)21(19,20)18-16-10-5-12(2)11-15(16)17/h5-11,18H,3-4,17H2,1-2H3. The van der Waals surface area contributed by atoms with Gasteiger partial charge in [-0.05, 0) is 48.7 Å². The number of sulfonamides is 1. The van der Waals surface area contributed by atoms with Crippen LogP contribution < -0.4 is 10.5 Å². The van der Waals surface area contributed by atoms with Crippen LogP contribution in [0.5, 0.6) is 0 Å². The van der Waals surface area contributed by atoms with E-state index < -0.39 is 10.0 Å². The Morgan fingerprint density at radius 1 is 1.10 bits per heavy atom. The molecule has 3 N–H and O–H groups in total. The van der Waals surface area contributed by atoms with E-state index in [9.17, 15) is 8.42 Å². The average molecular weight is 304 g/mol. The van der Waals surface area contributed by atoms with Crippen LogP contribution in [0.15, 0.2) is 47.4 Å². The number of nitrogen functional groups attached to an aromatic ring is 1. The average Bonchev–Trinajstić information content (AvgIpc) is 2.43. The largest absolute Gasteiger partial charge is 0.397 e. The maximum atomic E-state index is 12.3. The van der Waals surface area contributed by atoms with E-state index >= 15 is 0 Å². The first-order valence-corrected chi connectivity index (χ1v) is 8.38. The summed E-state index contributed by atoms with van der Waals surface area (Å²) < 4.78 is 27.2. The maximum absolute atomic E-state index is 12.3. The first kappa shape index (κ1) is 15.4. The van der Waals surface area contributed by atoms with Crippen molar-refractivity contribution in [1.29, 1.82) is 0 Å². The van der Waals surface area contributed by atoms with Gasteiger partial charge in [-0.15, -0.1) is 0 Å². The molecule has 21 heavy (non-hydrogen) atoms. The minimum Gasteiger partial charge on any atom is -0.397 e. The van der Waals surface area contributed by atoms with Crippen LogP contribution >= 0.6 is 0 Å². The lowest BCUT2D eigenvalue weighted by atomic mass is 10.1. The van der Waals surface area contributed by atoms with Crippen molar-refractivity contribution < 1.29 is 8.42 Å². The zero-order chi connectivity index (χ0) is 15.5. The van der Waals surface area contributed by atoms with Gasteiger partial charge in [-0.2, -0.15) is 0 Å². The summed E-state index contributed by atoms with van der Waals surface area (Å²) in [4.78, 5) is 0.238. The Labute approximate surface area is 126 Å². The van der Waals surface area contributed by atoms with Gasteiger partial charge in [-0.3, -0.25) is 4.72 Å². The van der Waals surface area contributed by atoms with E-state index in [1.54, 1.807) is 24.3 Å². The van der Waals surface area contributed by atoms with Crippen molar-refractivity contribution in [3.8, 4) is 0 Å². The van der Waals surface area contributed by atoms with Crippen molar-refractivity contribution in [2.24, 2.45) is 0 Å². The minimum atomic E-state index is -3.61. The molecule has 2 rings (SSSR count). The van der Waals surface area contributed by atoms with Gasteiger partial charge in [0.2, 0.25) is 0 Å². The van der Waals surface area contributed by atoms with E-state index in [2.05, 4.69) is 11.6 Å². The van der Waals surface area contributed by atoms with Crippen LogP contribution in [0.1, 0.15) is 24.5 Å². The van der Waals surface area contributed by atoms with E-state index in [4.69, 9.17) is 5.73 Å². The number of nitrogens with two attached hydrogens (primary N) is 1. The maximum Gasteiger partial charge on any atom is 0.261 e. The molecule has 2 aromatic rings. The molecule has 5 heteroatoms. The number of benzene rings is 2. The van der Waals surface area contributed by atoms with Gasteiger partial charge in [-0.25, -0.2) is 8.42 Å². The van der Waals surface area contributed by atoms with Crippen LogP contribution in [-0.4, -0.2) is 8.42 Å². The summed E-state index contributed by atoms with van der Waals surface area (Å²) in [6, 6.07) is 12.2. The van der Waals surface area contributed by atoms with Gasteiger partial charge < -0.3 is 5.73 Å². The third-order valence-electron chi connectivity index (χ3n) is 3.22. The molecule has 0 radical (unpaired) electrons. The van der Waals surface area contributed by atoms with Crippen molar-refractivity contribution in [3.05, 3.63) is 53.6 Å². The molecule has 0 atom stereocenters. The van der Waals surface area contributed by atoms with E-state index in [0.717, 1.165) is 24.0 Å². The Morgan fingerprint density at radius 2 is 1.76 bits per heavy atom. The van der Waals surface area contributed by atoms with E-state index in [1.165, 1.54) is 0 Å². The highest BCUT2D eigenvalue weighted by molar-refractivity contribution is 7.92. The Bertz CT molecular complexity index is 722. The second-order valence-electron chi connectivity index (χ2n) is 5.09. The van der Waals surface area contributed by atoms with Crippen LogP contribution in [0.2, 0.25) is 0 Å². The van der Waals surface area contributed by atoms with Gasteiger partial charge >= 0.3 is 0 Å². The summed E-state index contributed by atoms with van der Waals surface area (Å²) in [5, 5.41) is 0. The van der Waals surface area contributed by atoms with Crippen LogP contribution in [0.4, 0.5) is 11.4 Å². The fourth-order valence-electron chi connectivity index (χ4n) is 2.10. The highest BCUT2D eigenvalue weighted by Crippen LogP contribution is 2.23. The molecule has 4 nitrogen and oxygen atoms in total. The number of hydrogen-bond acceptors (Lipinski definition) is 3. The van der Waals surface area contributed by atoms with Crippen LogP contribution in [0.25, 0.3) is 0 Å². The van der Waals surface area contributed by atoms with Gasteiger partial charge in [-0.1, -0.05) is 31.5 Å². The van der Waals surface area contributed by atoms with Crippen molar-refractivity contribution in [3.63, 3.8) is 0 Å². The number of anilines is 2. The molecule has 0 aliphatic carbocycles. The Hall–Kier alpha value is -2.01. The fraction of sp³-hybridized carbons (Fsp3) is 0.250. The summed E-state index contributed by atoms with van der Waals surface area (Å²) in [5.41, 5.74) is 8.78. The molecule has 2 aromatic carbocycles. The quantitative estimate of drug-likeness (QED) is 0.832. The molecule has 0 amide bonds. The van der Waals surface area contributed by atoms with Crippen molar-refractivity contribution in [2.45, 2.75) is 31.6 Å². The first-order valence-electron chi connectivity index (χ1n) is 6.90. The van der Waals surface area contributed by atoms with Crippen LogP contribution in [-0.2, 0) is 16.4 Å². The Morgan fingerprint density at radius 3 is 2.33 bits per heavy atom. The van der Waals surface area contributed by atoms with Gasteiger partial charge in [0, 0.05) is 0 Å². The molecule has 112 valence electrons. The number of aryl methyl sites for hydroxylation is 2. The monoisotopic (exact) mass is 304 g/mol. The van der Waals surface area contributed by atoms with Crippen molar-refractivity contribution >= 4 is 21.4 Å². The summed E-state index contributed by atoms with van der Waals surface area (Å²) in [6.45, 7) is 3.99. The lowest BCUT2D eigenvalue weighted by Crippen LogP contribution is -2.14. The fourth-order valence-corrected chi connectivity index (χ4v) is 3.19. The van der Waals surface area contributed by atoms with E-state index in [0.29, 0.717) is 11.4 Å². The Kier molecular flexibility index (Phi) is 4.53. The van der Waals surface area contributed by atoms with Gasteiger partial charge in [0.1, 0.15) is 0 Å². The SMILES string of the molecule is CCCc1ccc(S(=O)(=O)Nc2ccc(C)cc2N)cc1. The lowest BCUT2D eigenvalue weighted by Gasteiger charge is -2.11. The van der Waals surface area contributed by atoms with Gasteiger partial charge in [0.15, 0.2) is 0 Å².